The van der Waals surface area contributed by atoms with Crippen LogP contribution in [-0.2, 0) is 0 Å². The van der Waals surface area contributed by atoms with Gasteiger partial charge in [-0.2, -0.15) is 5.10 Å². The first-order chi connectivity index (χ1) is 3.30. The first-order valence-corrected chi connectivity index (χ1v) is 2.31. The summed E-state index contributed by atoms with van der Waals surface area (Å²) in [5.74, 6) is 0. The highest BCUT2D eigenvalue weighted by Gasteiger charge is 2.08. The maximum Gasteiger partial charge on any atom is 0.0986 e. The lowest BCUT2D eigenvalue weighted by Crippen LogP contribution is -2.31. The van der Waals surface area contributed by atoms with E-state index in [1.54, 1.807) is 5.01 Å². The molecular formula is C4H9N3. The van der Waals surface area contributed by atoms with Gasteiger partial charge in [-0.15, -0.1) is 0 Å². The molecular weight excluding hydrogens is 90.1 g/mol. The van der Waals surface area contributed by atoms with E-state index in [4.69, 9.17) is 5.73 Å². The number of hydrogen-bond donors (Lipinski definition) is 1. The maximum atomic E-state index is 5.48. The zero-order valence-electron chi connectivity index (χ0n) is 4.33. The molecule has 0 bridgehead atoms. The second kappa shape index (κ2) is 1.50. The summed E-state index contributed by atoms with van der Waals surface area (Å²) in [6, 6.07) is 0. The average molecular weight is 99.1 g/mol. The van der Waals surface area contributed by atoms with Crippen LogP contribution in [0.5, 0.6) is 0 Å². The van der Waals surface area contributed by atoms with E-state index >= 15 is 0 Å². The number of hydrogen-bond acceptors (Lipinski definition) is 3. The van der Waals surface area contributed by atoms with E-state index in [0.29, 0.717) is 0 Å². The van der Waals surface area contributed by atoms with E-state index in [2.05, 4.69) is 5.10 Å². The van der Waals surface area contributed by atoms with Crippen LogP contribution >= 0.6 is 0 Å². The van der Waals surface area contributed by atoms with Gasteiger partial charge in [-0.3, -0.25) is 5.01 Å². The molecule has 0 aliphatic carbocycles. The van der Waals surface area contributed by atoms with Gasteiger partial charge in [-0.05, 0) is 0 Å². The lowest BCUT2D eigenvalue weighted by molar-refractivity contribution is 0.291. The summed E-state index contributed by atoms with van der Waals surface area (Å²) >= 11 is 0. The lowest BCUT2D eigenvalue weighted by atomic mass is 10.4. The number of rotatable bonds is 0. The topological polar surface area (TPSA) is 41.6 Å². The molecule has 3 nitrogen and oxygen atoms in total. The number of hydrazone groups is 1. The summed E-state index contributed by atoms with van der Waals surface area (Å²) in [7, 11) is 1.87. The molecule has 3 heteroatoms. The fraction of sp³-hybridized carbons (Fsp3) is 0.750. The summed E-state index contributed by atoms with van der Waals surface area (Å²) in [4.78, 5) is 0. The molecule has 1 unspecified atom stereocenters. The van der Waals surface area contributed by atoms with Crippen molar-refractivity contribution in [3.63, 3.8) is 0 Å². The van der Waals surface area contributed by atoms with Crippen molar-refractivity contribution in [1.82, 2.24) is 5.01 Å². The van der Waals surface area contributed by atoms with Gasteiger partial charge >= 0.3 is 0 Å². The van der Waals surface area contributed by atoms with E-state index in [0.717, 1.165) is 6.42 Å². The van der Waals surface area contributed by atoms with Crippen molar-refractivity contribution < 1.29 is 0 Å². The Morgan fingerprint density at radius 3 is 2.86 bits per heavy atom. The summed E-state index contributed by atoms with van der Waals surface area (Å²) in [5.41, 5.74) is 5.48. The highest BCUT2D eigenvalue weighted by molar-refractivity contribution is 5.59. The zero-order valence-corrected chi connectivity index (χ0v) is 4.33. The smallest absolute Gasteiger partial charge is 0.0986 e. The number of nitrogens with zero attached hydrogens (tertiary/aromatic N) is 2. The van der Waals surface area contributed by atoms with Gasteiger partial charge in [0.25, 0.3) is 0 Å². The molecule has 0 saturated heterocycles. The molecule has 0 aromatic rings. The van der Waals surface area contributed by atoms with Crippen LogP contribution in [0.1, 0.15) is 6.42 Å². The normalized spacial score (nSPS) is 29.4. The van der Waals surface area contributed by atoms with E-state index in [1.807, 2.05) is 13.3 Å². The minimum Gasteiger partial charge on any atom is -0.310 e. The van der Waals surface area contributed by atoms with Crippen LogP contribution in [0.15, 0.2) is 5.10 Å². The van der Waals surface area contributed by atoms with Crippen molar-refractivity contribution in [2.24, 2.45) is 10.8 Å². The summed E-state index contributed by atoms with van der Waals surface area (Å²) in [6.07, 6.45) is 2.83. The lowest BCUT2D eigenvalue weighted by Gasteiger charge is -2.11. The minimum absolute atomic E-state index is 0.125. The van der Waals surface area contributed by atoms with E-state index in [9.17, 15) is 0 Å². The van der Waals surface area contributed by atoms with E-state index in [1.165, 1.54) is 0 Å². The quantitative estimate of drug-likeness (QED) is 0.448. The highest BCUT2D eigenvalue weighted by Crippen LogP contribution is 1.99. The minimum atomic E-state index is 0.125. The molecule has 1 aliphatic rings. The fourth-order valence-corrected chi connectivity index (χ4v) is 0.522. The Morgan fingerprint density at radius 1 is 2.00 bits per heavy atom. The molecule has 1 aliphatic heterocycles. The summed E-state index contributed by atoms with van der Waals surface area (Å²) in [6.45, 7) is 0. The molecule has 0 fully saturated rings. The SMILES string of the molecule is CN1N=CCC1N. The molecule has 2 N–H and O–H groups in total. The van der Waals surface area contributed by atoms with Gasteiger partial charge in [0.15, 0.2) is 0 Å². The molecule has 0 spiro atoms. The maximum absolute atomic E-state index is 5.48. The Morgan fingerprint density at radius 2 is 2.71 bits per heavy atom. The van der Waals surface area contributed by atoms with Crippen molar-refractivity contribution in [1.29, 1.82) is 0 Å². The standard InChI is InChI=1S/C4H9N3/c1-7-4(5)2-3-6-7/h3-4H,2,5H2,1H3. The monoisotopic (exact) mass is 99.1 g/mol. The van der Waals surface area contributed by atoms with Gasteiger partial charge < -0.3 is 5.73 Å². The van der Waals surface area contributed by atoms with Crippen molar-refractivity contribution in [3.8, 4) is 0 Å². The zero-order chi connectivity index (χ0) is 5.28. The molecule has 1 rings (SSSR count). The van der Waals surface area contributed by atoms with Crippen LogP contribution in [0.3, 0.4) is 0 Å². The van der Waals surface area contributed by atoms with Crippen molar-refractivity contribution >= 4 is 6.21 Å². The molecule has 1 atom stereocenters. The Bertz CT molecular complexity index is 88.9. The van der Waals surface area contributed by atoms with Crippen molar-refractivity contribution in [2.45, 2.75) is 12.6 Å². The van der Waals surface area contributed by atoms with Crippen molar-refractivity contribution in [2.75, 3.05) is 7.05 Å². The molecule has 0 saturated carbocycles. The molecule has 0 radical (unpaired) electrons. The van der Waals surface area contributed by atoms with Crippen LogP contribution in [0.2, 0.25) is 0 Å². The molecule has 40 valence electrons. The summed E-state index contributed by atoms with van der Waals surface area (Å²) in [5, 5.41) is 5.65. The van der Waals surface area contributed by atoms with Gasteiger partial charge in [-0.1, -0.05) is 0 Å². The first kappa shape index (κ1) is 4.59. The third-order valence-corrected chi connectivity index (χ3v) is 1.09. The van der Waals surface area contributed by atoms with Gasteiger partial charge in [0.1, 0.15) is 0 Å². The van der Waals surface area contributed by atoms with Crippen LogP contribution in [-0.4, -0.2) is 24.4 Å². The van der Waals surface area contributed by atoms with Gasteiger partial charge in [0, 0.05) is 19.7 Å². The van der Waals surface area contributed by atoms with Crippen molar-refractivity contribution in [3.05, 3.63) is 0 Å². The van der Waals surface area contributed by atoms with E-state index < -0.39 is 0 Å². The predicted molar refractivity (Wildman–Crippen MR) is 28.8 cm³/mol. The average Bonchev–Trinajstić information content (AvgIpc) is 1.91. The van der Waals surface area contributed by atoms with Gasteiger partial charge in [0.05, 0.1) is 6.17 Å². The summed E-state index contributed by atoms with van der Waals surface area (Å²) < 4.78 is 0. The Kier molecular flexibility index (Phi) is 0.982. The van der Waals surface area contributed by atoms with Crippen LogP contribution in [0, 0.1) is 0 Å². The Hall–Kier alpha value is -0.570. The largest absolute Gasteiger partial charge is 0.310 e. The Labute approximate surface area is 42.8 Å². The highest BCUT2D eigenvalue weighted by atomic mass is 15.5. The molecule has 0 amide bonds. The van der Waals surface area contributed by atoms with Gasteiger partial charge in [0.2, 0.25) is 0 Å². The second-order valence-electron chi connectivity index (χ2n) is 1.67. The van der Waals surface area contributed by atoms with Crippen LogP contribution in [0.25, 0.3) is 0 Å². The van der Waals surface area contributed by atoms with Gasteiger partial charge in [-0.25, -0.2) is 0 Å². The van der Waals surface area contributed by atoms with Crippen LogP contribution in [0.4, 0.5) is 0 Å². The third kappa shape index (κ3) is 0.718. The van der Waals surface area contributed by atoms with Crippen LogP contribution < -0.4 is 5.73 Å². The molecule has 7 heavy (non-hydrogen) atoms. The third-order valence-electron chi connectivity index (χ3n) is 1.09. The number of nitrogens with two attached hydrogens (primary N) is 1. The molecule has 1 heterocycles. The molecule has 0 aromatic heterocycles. The predicted octanol–water partition coefficient (Wildman–Crippen LogP) is -0.407. The molecule has 0 aromatic carbocycles. The Balaban J connectivity index is 2.45. The first-order valence-electron chi connectivity index (χ1n) is 2.31. The van der Waals surface area contributed by atoms with E-state index in [-0.39, 0.29) is 6.17 Å². The fourth-order valence-electron chi connectivity index (χ4n) is 0.522. The second-order valence-corrected chi connectivity index (χ2v) is 1.67.